The standard InChI is InChI=1S/C19H14N6O3/c26-17-15-11-21-24-18(15)23-19(22-13-4-2-1-3-5-13)16(17)20-10-12-6-8-14(9-7-12)25(27)28/h1-11,16H,(H2,21,22,23,24)/t16-/m1/s1. The predicted molar refractivity (Wildman–Crippen MR) is 105 cm³/mol. The highest BCUT2D eigenvalue weighted by molar-refractivity contribution is 6.24. The molecule has 0 spiro atoms. The van der Waals surface area contributed by atoms with Crippen LogP contribution >= 0.6 is 0 Å². The van der Waals surface area contributed by atoms with Gasteiger partial charge in [0, 0.05) is 24.0 Å². The topological polar surface area (TPSA) is 126 Å². The number of carbonyl (C=O) groups is 1. The first-order valence-corrected chi connectivity index (χ1v) is 8.38. The van der Waals surface area contributed by atoms with Crippen molar-refractivity contribution in [3.63, 3.8) is 0 Å². The molecule has 2 N–H and O–H groups in total. The van der Waals surface area contributed by atoms with Crippen LogP contribution in [0.4, 0.5) is 17.2 Å². The maximum atomic E-state index is 12.9. The summed E-state index contributed by atoms with van der Waals surface area (Å²) in [5.74, 6) is 0.506. The SMILES string of the molecule is O=C1c2cn[nH]c2N=C(Nc2ccccc2)[C@@H]1N=Cc1ccc([N+](=O)[O-])cc1. The van der Waals surface area contributed by atoms with Gasteiger partial charge in [-0.2, -0.15) is 5.10 Å². The van der Waals surface area contributed by atoms with Crippen molar-refractivity contribution in [3.8, 4) is 0 Å². The van der Waals surface area contributed by atoms with Crippen LogP contribution in [0.1, 0.15) is 15.9 Å². The van der Waals surface area contributed by atoms with Gasteiger partial charge in [0.25, 0.3) is 5.69 Å². The molecule has 28 heavy (non-hydrogen) atoms. The molecule has 0 amide bonds. The molecule has 0 saturated carbocycles. The van der Waals surface area contributed by atoms with Crippen molar-refractivity contribution in [2.45, 2.75) is 6.04 Å². The number of Topliss-reactive ketones (excluding diaryl/α,β-unsaturated/α-hetero) is 1. The van der Waals surface area contributed by atoms with Gasteiger partial charge in [-0.15, -0.1) is 0 Å². The molecular weight excluding hydrogens is 360 g/mol. The predicted octanol–water partition coefficient (Wildman–Crippen LogP) is 3.14. The summed E-state index contributed by atoms with van der Waals surface area (Å²) in [5.41, 5.74) is 1.76. The number of H-pyrrole nitrogens is 1. The molecule has 2 aromatic carbocycles. The van der Waals surface area contributed by atoms with E-state index < -0.39 is 11.0 Å². The minimum Gasteiger partial charge on any atom is -0.341 e. The first-order valence-electron chi connectivity index (χ1n) is 8.38. The third-order valence-corrected chi connectivity index (χ3v) is 4.15. The van der Waals surface area contributed by atoms with E-state index in [-0.39, 0.29) is 11.5 Å². The number of fused-ring (bicyclic) bond motifs is 1. The first kappa shape index (κ1) is 17.3. The van der Waals surface area contributed by atoms with Crippen LogP contribution in [0.25, 0.3) is 0 Å². The molecular formula is C19H14N6O3. The van der Waals surface area contributed by atoms with Crippen LogP contribution in [0, 0.1) is 10.1 Å². The highest BCUT2D eigenvalue weighted by Gasteiger charge is 2.32. The van der Waals surface area contributed by atoms with E-state index in [4.69, 9.17) is 0 Å². The number of hydrogen-bond acceptors (Lipinski definition) is 7. The van der Waals surface area contributed by atoms with Gasteiger partial charge in [0.1, 0.15) is 5.84 Å². The Bertz CT molecular complexity index is 1090. The Labute approximate surface area is 159 Å². The molecule has 0 radical (unpaired) electrons. The molecule has 2 heterocycles. The van der Waals surface area contributed by atoms with E-state index in [9.17, 15) is 14.9 Å². The molecule has 3 aromatic rings. The fraction of sp³-hybridized carbons (Fsp3) is 0.0526. The molecule has 1 aliphatic rings. The largest absolute Gasteiger partial charge is 0.341 e. The molecule has 0 saturated heterocycles. The number of nitro groups is 1. The number of nitro benzene ring substituents is 1. The summed E-state index contributed by atoms with van der Waals surface area (Å²) < 4.78 is 0. The van der Waals surface area contributed by atoms with Gasteiger partial charge < -0.3 is 5.32 Å². The highest BCUT2D eigenvalue weighted by atomic mass is 16.6. The van der Waals surface area contributed by atoms with Crippen LogP contribution in [0.3, 0.4) is 0 Å². The molecule has 4 rings (SSSR count). The van der Waals surface area contributed by atoms with Crippen molar-refractivity contribution in [1.82, 2.24) is 10.2 Å². The normalized spacial score (nSPS) is 15.9. The second kappa shape index (κ2) is 7.23. The third-order valence-electron chi connectivity index (χ3n) is 4.15. The summed E-state index contributed by atoms with van der Waals surface area (Å²) in [6, 6.07) is 14.4. The number of amidine groups is 1. The number of anilines is 1. The smallest absolute Gasteiger partial charge is 0.269 e. The Morgan fingerprint density at radius 1 is 1.14 bits per heavy atom. The number of nitrogens with zero attached hydrogens (tertiary/aromatic N) is 4. The number of rotatable bonds is 4. The second-order valence-electron chi connectivity index (χ2n) is 6.01. The number of aromatic amines is 1. The molecule has 9 heteroatoms. The molecule has 1 atom stereocenters. The van der Waals surface area contributed by atoms with Gasteiger partial charge in [0.15, 0.2) is 17.6 Å². The van der Waals surface area contributed by atoms with Crippen molar-refractivity contribution in [2.75, 3.05) is 5.32 Å². The van der Waals surface area contributed by atoms with Gasteiger partial charge in [-0.1, -0.05) is 18.2 Å². The summed E-state index contributed by atoms with van der Waals surface area (Å²) in [6.45, 7) is 0. The summed E-state index contributed by atoms with van der Waals surface area (Å²) in [4.78, 5) is 32.0. The van der Waals surface area contributed by atoms with Gasteiger partial charge in [-0.3, -0.25) is 25.0 Å². The van der Waals surface area contributed by atoms with Crippen LogP contribution in [-0.4, -0.2) is 39.0 Å². The number of non-ortho nitro benzene ring substituents is 1. The van der Waals surface area contributed by atoms with Gasteiger partial charge in [0.2, 0.25) is 0 Å². The zero-order chi connectivity index (χ0) is 19.5. The zero-order valence-electron chi connectivity index (χ0n) is 14.4. The molecule has 138 valence electrons. The Morgan fingerprint density at radius 2 is 1.89 bits per heavy atom. The van der Waals surface area contributed by atoms with Gasteiger partial charge in [0.05, 0.1) is 16.7 Å². The lowest BCUT2D eigenvalue weighted by atomic mass is 10.0. The number of ketones is 1. The molecule has 9 nitrogen and oxygen atoms in total. The molecule has 0 fully saturated rings. The van der Waals surface area contributed by atoms with Crippen molar-refractivity contribution < 1.29 is 9.72 Å². The average molecular weight is 374 g/mol. The molecule has 0 bridgehead atoms. The summed E-state index contributed by atoms with van der Waals surface area (Å²) in [7, 11) is 0. The maximum absolute atomic E-state index is 12.9. The van der Waals surface area contributed by atoms with Crippen molar-refractivity contribution >= 4 is 35.0 Å². The van der Waals surface area contributed by atoms with Crippen LogP contribution in [0.5, 0.6) is 0 Å². The molecule has 0 aliphatic carbocycles. The van der Waals surface area contributed by atoms with Gasteiger partial charge in [-0.25, -0.2) is 4.99 Å². The molecule has 1 aromatic heterocycles. The molecule has 0 unspecified atom stereocenters. The lowest BCUT2D eigenvalue weighted by Crippen LogP contribution is -2.36. The fourth-order valence-corrected chi connectivity index (χ4v) is 2.74. The monoisotopic (exact) mass is 374 g/mol. The van der Waals surface area contributed by atoms with E-state index in [0.717, 1.165) is 5.69 Å². The lowest BCUT2D eigenvalue weighted by Gasteiger charge is -2.19. The lowest BCUT2D eigenvalue weighted by molar-refractivity contribution is -0.384. The van der Waals surface area contributed by atoms with Crippen LogP contribution < -0.4 is 5.32 Å². The van der Waals surface area contributed by atoms with E-state index in [1.54, 1.807) is 12.1 Å². The van der Waals surface area contributed by atoms with Crippen molar-refractivity contribution in [2.24, 2.45) is 9.98 Å². The van der Waals surface area contributed by atoms with Crippen LogP contribution in [0.15, 0.2) is 70.8 Å². The number of aliphatic imine (C=N–C) groups is 2. The Balaban J connectivity index is 1.64. The number of carbonyl (C=O) groups excluding carboxylic acids is 1. The minimum atomic E-state index is -0.875. The summed E-state index contributed by atoms with van der Waals surface area (Å²) in [5, 5.41) is 20.5. The number of benzene rings is 2. The first-order chi connectivity index (χ1) is 13.6. The average Bonchev–Trinajstić information content (AvgIpc) is 3.18. The van der Waals surface area contributed by atoms with E-state index in [1.165, 1.54) is 24.5 Å². The van der Waals surface area contributed by atoms with Crippen LogP contribution in [0.2, 0.25) is 0 Å². The number of para-hydroxylation sites is 1. The maximum Gasteiger partial charge on any atom is 0.269 e. The Kier molecular flexibility index (Phi) is 4.47. The number of aromatic nitrogens is 2. The third kappa shape index (κ3) is 3.40. The summed E-state index contributed by atoms with van der Waals surface area (Å²) in [6.07, 6.45) is 2.93. The number of hydrogen-bond donors (Lipinski definition) is 2. The van der Waals surface area contributed by atoms with E-state index in [0.29, 0.717) is 22.8 Å². The van der Waals surface area contributed by atoms with E-state index in [2.05, 4.69) is 25.5 Å². The fourth-order valence-electron chi connectivity index (χ4n) is 2.74. The van der Waals surface area contributed by atoms with Crippen molar-refractivity contribution in [1.29, 1.82) is 0 Å². The number of nitrogens with one attached hydrogen (secondary N) is 2. The second-order valence-corrected chi connectivity index (χ2v) is 6.01. The van der Waals surface area contributed by atoms with Crippen LogP contribution in [-0.2, 0) is 0 Å². The van der Waals surface area contributed by atoms with Crippen molar-refractivity contribution in [3.05, 3.63) is 82.0 Å². The Hall–Kier alpha value is -4.14. The van der Waals surface area contributed by atoms with Gasteiger partial charge in [-0.05, 0) is 29.8 Å². The van der Waals surface area contributed by atoms with E-state index >= 15 is 0 Å². The van der Waals surface area contributed by atoms with E-state index in [1.807, 2.05) is 30.3 Å². The zero-order valence-corrected chi connectivity index (χ0v) is 14.4. The highest BCUT2D eigenvalue weighted by Crippen LogP contribution is 2.25. The molecule has 1 aliphatic heterocycles. The Morgan fingerprint density at radius 3 is 2.61 bits per heavy atom. The minimum absolute atomic E-state index is 0.0121. The summed E-state index contributed by atoms with van der Waals surface area (Å²) >= 11 is 0. The van der Waals surface area contributed by atoms with Gasteiger partial charge >= 0.3 is 0 Å². The quantitative estimate of drug-likeness (QED) is 0.412.